The van der Waals surface area contributed by atoms with Crippen LogP contribution in [0.1, 0.15) is 18.4 Å². The molecule has 1 heterocycles. The minimum Gasteiger partial charge on any atom is -0.493 e. The molecule has 22 heavy (non-hydrogen) atoms. The molecule has 0 bridgehead atoms. The molecule has 1 fully saturated rings. The summed E-state index contributed by atoms with van der Waals surface area (Å²) in [6.45, 7) is 1.41. The average Bonchev–Trinajstić information content (AvgIpc) is 2.97. The van der Waals surface area contributed by atoms with Gasteiger partial charge in [0.15, 0.2) is 11.5 Å². The number of amides is 1. The number of methoxy groups -OCH3 is 3. The first-order valence-corrected chi connectivity index (χ1v) is 7.41. The standard InChI is InChI=1S/C16H24N2O4/c1-20-13-6-4-11(15(21-2)16(13)22-3)5-7-14(19)18-9-8-12(17)10-18/h4,6,12H,5,7-10,17H2,1-3H3/t12-/m1/s1. The topological polar surface area (TPSA) is 74.0 Å². The number of nitrogens with zero attached hydrogens (tertiary/aromatic N) is 1. The Morgan fingerprint density at radius 2 is 1.95 bits per heavy atom. The quantitative estimate of drug-likeness (QED) is 0.855. The SMILES string of the molecule is COc1ccc(CCC(=O)N2CC[C@@H](N)C2)c(OC)c1OC. The van der Waals surface area contributed by atoms with Gasteiger partial charge in [-0.1, -0.05) is 6.07 Å². The predicted octanol–water partition coefficient (Wildman–Crippen LogP) is 1.20. The van der Waals surface area contributed by atoms with E-state index in [0.717, 1.165) is 18.5 Å². The molecule has 6 nitrogen and oxygen atoms in total. The molecule has 0 aromatic heterocycles. The minimum atomic E-state index is 0.111. The molecular formula is C16H24N2O4. The van der Waals surface area contributed by atoms with Gasteiger partial charge in [0.25, 0.3) is 0 Å². The van der Waals surface area contributed by atoms with Gasteiger partial charge >= 0.3 is 0 Å². The number of carbonyl (C=O) groups excluding carboxylic acids is 1. The zero-order valence-corrected chi connectivity index (χ0v) is 13.4. The van der Waals surface area contributed by atoms with E-state index in [9.17, 15) is 4.79 Å². The normalized spacial score (nSPS) is 17.5. The van der Waals surface area contributed by atoms with Crippen molar-refractivity contribution in [1.29, 1.82) is 0 Å². The van der Waals surface area contributed by atoms with Crippen LogP contribution in [-0.2, 0) is 11.2 Å². The van der Waals surface area contributed by atoms with Gasteiger partial charge in [-0.2, -0.15) is 0 Å². The summed E-state index contributed by atoms with van der Waals surface area (Å²) in [6, 6.07) is 3.84. The Morgan fingerprint density at radius 1 is 1.23 bits per heavy atom. The second-order valence-corrected chi connectivity index (χ2v) is 5.38. The van der Waals surface area contributed by atoms with Crippen LogP contribution in [0.3, 0.4) is 0 Å². The molecule has 0 saturated carbocycles. The molecule has 0 radical (unpaired) electrons. The number of aryl methyl sites for hydroxylation is 1. The van der Waals surface area contributed by atoms with Gasteiger partial charge in [-0.25, -0.2) is 0 Å². The number of hydrogen-bond donors (Lipinski definition) is 1. The molecule has 0 unspecified atom stereocenters. The second-order valence-electron chi connectivity index (χ2n) is 5.38. The third-order valence-electron chi connectivity index (χ3n) is 3.97. The van der Waals surface area contributed by atoms with Gasteiger partial charge in [-0.15, -0.1) is 0 Å². The summed E-state index contributed by atoms with van der Waals surface area (Å²) in [6.07, 6.45) is 1.90. The Kier molecular flexibility index (Phi) is 5.49. The Bertz CT molecular complexity index is 533. The van der Waals surface area contributed by atoms with E-state index in [4.69, 9.17) is 19.9 Å². The summed E-state index contributed by atoms with van der Waals surface area (Å²) in [7, 11) is 4.74. The molecule has 2 rings (SSSR count). The lowest BCUT2D eigenvalue weighted by atomic mass is 10.1. The number of ether oxygens (including phenoxy) is 3. The number of carbonyl (C=O) groups is 1. The first-order valence-electron chi connectivity index (χ1n) is 7.41. The van der Waals surface area contributed by atoms with Crippen molar-refractivity contribution in [3.8, 4) is 17.2 Å². The van der Waals surface area contributed by atoms with E-state index < -0.39 is 0 Å². The number of hydrogen-bond acceptors (Lipinski definition) is 5. The fourth-order valence-corrected chi connectivity index (χ4v) is 2.77. The fraction of sp³-hybridized carbons (Fsp3) is 0.562. The lowest BCUT2D eigenvalue weighted by Gasteiger charge is -2.18. The molecule has 1 saturated heterocycles. The fourth-order valence-electron chi connectivity index (χ4n) is 2.77. The summed E-state index contributed by atoms with van der Waals surface area (Å²) in [5.41, 5.74) is 6.77. The second kappa shape index (κ2) is 7.35. The first kappa shape index (κ1) is 16.4. The highest BCUT2D eigenvalue weighted by molar-refractivity contribution is 5.77. The summed E-state index contributed by atoms with van der Waals surface area (Å²) in [4.78, 5) is 14.0. The van der Waals surface area contributed by atoms with Crippen LogP contribution < -0.4 is 19.9 Å². The van der Waals surface area contributed by atoms with Crippen molar-refractivity contribution >= 4 is 5.91 Å². The highest BCUT2D eigenvalue weighted by Gasteiger charge is 2.24. The Labute approximate surface area is 131 Å². The van der Waals surface area contributed by atoms with Gasteiger partial charge in [0.05, 0.1) is 21.3 Å². The summed E-state index contributed by atoms with van der Waals surface area (Å²) in [5, 5.41) is 0. The van der Waals surface area contributed by atoms with Gasteiger partial charge in [-0.05, 0) is 24.5 Å². The van der Waals surface area contributed by atoms with E-state index in [-0.39, 0.29) is 11.9 Å². The van der Waals surface area contributed by atoms with Crippen LogP contribution in [0.4, 0.5) is 0 Å². The molecule has 2 N–H and O–H groups in total. The van der Waals surface area contributed by atoms with Gasteiger partial charge in [0.1, 0.15) is 0 Å². The number of benzene rings is 1. The van der Waals surface area contributed by atoms with Crippen molar-refractivity contribution < 1.29 is 19.0 Å². The molecule has 6 heteroatoms. The highest BCUT2D eigenvalue weighted by atomic mass is 16.5. The van der Waals surface area contributed by atoms with E-state index in [2.05, 4.69) is 0 Å². The zero-order valence-electron chi connectivity index (χ0n) is 13.4. The van der Waals surface area contributed by atoms with E-state index in [1.807, 2.05) is 17.0 Å². The first-order chi connectivity index (χ1) is 10.6. The van der Waals surface area contributed by atoms with Crippen LogP contribution >= 0.6 is 0 Å². The van der Waals surface area contributed by atoms with Crippen molar-refractivity contribution in [2.24, 2.45) is 5.73 Å². The summed E-state index contributed by atoms with van der Waals surface area (Å²) in [5.74, 6) is 1.91. The maximum absolute atomic E-state index is 12.2. The Balaban J connectivity index is 2.07. The molecular weight excluding hydrogens is 284 g/mol. The van der Waals surface area contributed by atoms with E-state index in [1.165, 1.54) is 0 Å². The summed E-state index contributed by atoms with van der Waals surface area (Å²) >= 11 is 0. The number of nitrogens with two attached hydrogens (primary N) is 1. The minimum absolute atomic E-state index is 0.111. The molecule has 122 valence electrons. The van der Waals surface area contributed by atoms with Crippen molar-refractivity contribution in [2.75, 3.05) is 34.4 Å². The molecule has 1 aromatic carbocycles. The van der Waals surface area contributed by atoms with Crippen LogP contribution in [0.5, 0.6) is 17.2 Å². The molecule has 0 spiro atoms. The largest absolute Gasteiger partial charge is 0.493 e. The van der Waals surface area contributed by atoms with E-state index in [0.29, 0.717) is 36.6 Å². The summed E-state index contributed by atoms with van der Waals surface area (Å²) < 4.78 is 16.1. The van der Waals surface area contributed by atoms with Crippen LogP contribution in [0.2, 0.25) is 0 Å². The molecule has 1 aromatic rings. The molecule has 1 amide bonds. The maximum atomic E-state index is 12.2. The van der Waals surface area contributed by atoms with Crippen LogP contribution in [0, 0.1) is 0 Å². The lowest BCUT2D eigenvalue weighted by Crippen LogP contribution is -2.32. The van der Waals surface area contributed by atoms with Gasteiger partial charge in [-0.3, -0.25) is 4.79 Å². The highest BCUT2D eigenvalue weighted by Crippen LogP contribution is 2.40. The zero-order chi connectivity index (χ0) is 16.1. The van der Waals surface area contributed by atoms with Crippen molar-refractivity contribution in [3.05, 3.63) is 17.7 Å². The molecule has 1 aliphatic heterocycles. The maximum Gasteiger partial charge on any atom is 0.222 e. The number of rotatable bonds is 6. The van der Waals surface area contributed by atoms with E-state index >= 15 is 0 Å². The average molecular weight is 308 g/mol. The predicted molar refractivity (Wildman–Crippen MR) is 83.6 cm³/mol. The molecule has 1 aliphatic rings. The van der Waals surface area contributed by atoms with Crippen LogP contribution in [0.15, 0.2) is 12.1 Å². The smallest absolute Gasteiger partial charge is 0.222 e. The van der Waals surface area contributed by atoms with E-state index in [1.54, 1.807) is 21.3 Å². The van der Waals surface area contributed by atoms with Crippen molar-refractivity contribution in [3.63, 3.8) is 0 Å². The van der Waals surface area contributed by atoms with Crippen molar-refractivity contribution in [2.45, 2.75) is 25.3 Å². The Morgan fingerprint density at radius 3 is 2.50 bits per heavy atom. The van der Waals surface area contributed by atoms with Crippen molar-refractivity contribution in [1.82, 2.24) is 4.90 Å². The third-order valence-corrected chi connectivity index (χ3v) is 3.97. The van der Waals surface area contributed by atoms with Gasteiger partial charge in [0.2, 0.25) is 11.7 Å². The number of likely N-dealkylation sites (tertiary alicyclic amines) is 1. The monoisotopic (exact) mass is 308 g/mol. The third kappa shape index (κ3) is 3.44. The Hall–Kier alpha value is -1.95. The van der Waals surface area contributed by atoms with Gasteiger partial charge in [0, 0.05) is 25.6 Å². The molecule has 1 atom stereocenters. The van der Waals surface area contributed by atoms with Gasteiger partial charge < -0.3 is 24.8 Å². The van der Waals surface area contributed by atoms with Crippen LogP contribution in [-0.4, -0.2) is 51.3 Å². The molecule has 0 aliphatic carbocycles. The van der Waals surface area contributed by atoms with Crippen LogP contribution in [0.25, 0.3) is 0 Å². The lowest BCUT2D eigenvalue weighted by molar-refractivity contribution is -0.130.